The number of fused-ring (bicyclic) bond motifs is 1. The summed E-state index contributed by atoms with van der Waals surface area (Å²) in [6, 6.07) is 4.31. The minimum atomic E-state index is -0.919. The predicted molar refractivity (Wildman–Crippen MR) is 86.3 cm³/mol. The zero-order chi connectivity index (χ0) is 17.6. The fourth-order valence-corrected chi connectivity index (χ4v) is 3.30. The summed E-state index contributed by atoms with van der Waals surface area (Å²) in [5.41, 5.74) is 1.50. The molecule has 1 atom stereocenters. The average Bonchev–Trinajstić information content (AvgIpc) is 2.71. The summed E-state index contributed by atoms with van der Waals surface area (Å²) in [5.74, 6) is -1.86. The van der Waals surface area contributed by atoms with E-state index in [4.69, 9.17) is 0 Å². The van der Waals surface area contributed by atoms with Crippen LogP contribution in [0.5, 0.6) is 0 Å². The Kier molecular flexibility index (Phi) is 3.78. The minimum absolute atomic E-state index is 0.0412. The first-order valence-corrected chi connectivity index (χ1v) is 8.02. The maximum absolute atomic E-state index is 12.9. The molecule has 2 aliphatic heterocycles. The number of benzene rings is 1. The zero-order valence-corrected chi connectivity index (χ0v) is 14.0. The van der Waals surface area contributed by atoms with Crippen LogP contribution in [0, 0.1) is 5.41 Å². The van der Waals surface area contributed by atoms with E-state index < -0.39 is 23.8 Å². The summed E-state index contributed by atoms with van der Waals surface area (Å²) in [6.07, 6.45) is 0.946. The molecule has 2 heterocycles. The summed E-state index contributed by atoms with van der Waals surface area (Å²) >= 11 is 0. The molecule has 0 spiro atoms. The lowest BCUT2D eigenvalue weighted by Crippen LogP contribution is -2.54. The van der Waals surface area contributed by atoms with Crippen LogP contribution in [0.2, 0.25) is 0 Å². The maximum atomic E-state index is 12.9. The van der Waals surface area contributed by atoms with Crippen molar-refractivity contribution in [3.05, 3.63) is 34.9 Å². The SMILES string of the molecule is CC(C)(C)Cc1cccc2c1C(=O)N(C1CCC(=O)NC1=O)C2=O. The molecule has 0 bridgehead atoms. The van der Waals surface area contributed by atoms with Crippen LogP contribution in [0.4, 0.5) is 0 Å². The van der Waals surface area contributed by atoms with E-state index in [-0.39, 0.29) is 24.2 Å². The van der Waals surface area contributed by atoms with Crippen molar-refractivity contribution in [2.75, 3.05) is 0 Å². The van der Waals surface area contributed by atoms with Gasteiger partial charge in [-0.25, -0.2) is 0 Å². The number of piperidine rings is 1. The Labute approximate surface area is 140 Å². The van der Waals surface area contributed by atoms with Crippen molar-refractivity contribution < 1.29 is 19.2 Å². The molecule has 126 valence electrons. The minimum Gasteiger partial charge on any atom is -0.295 e. The molecule has 1 saturated heterocycles. The number of carbonyl (C=O) groups is 4. The van der Waals surface area contributed by atoms with E-state index >= 15 is 0 Å². The van der Waals surface area contributed by atoms with Gasteiger partial charge in [0.1, 0.15) is 6.04 Å². The van der Waals surface area contributed by atoms with Crippen molar-refractivity contribution in [3.63, 3.8) is 0 Å². The fourth-order valence-electron chi connectivity index (χ4n) is 3.30. The smallest absolute Gasteiger partial charge is 0.262 e. The Morgan fingerprint density at radius 2 is 1.83 bits per heavy atom. The molecule has 1 unspecified atom stereocenters. The van der Waals surface area contributed by atoms with E-state index in [9.17, 15) is 19.2 Å². The maximum Gasteiger partial charge on any atom is 0.262 e. The average molecular weight is 328 g/mol. The Bertz CT molecular complexity index is 761. The second-order valence-electron chi connectivity index (χ2n) is 7.52. The number of nitrogens with zero attached hydrogens (tertiary/aromatic N) is 1. The number of nitrogens with one attached hydrogen (secondary N) is 1. The van der Waals surface area contributed by atoms with Crippen LogP contribution >= 0.6 is 0 Å². The third-order valence-electron chi connectivity index (χ3n) is 4.28. The topological polar surface area (TPSA) is 83.6 Å². The van der Waals surface area contributed by atoms with Crippen molar-refractivity contribution in [2.45, 2.75) is 46.1 Å². The van der Waals surface area contributed by atoms with Crippen molar-refractivity contribution in [1.82, 2.24) is 10.2 Å². The molecule has 0 aromatic heterocycles. The number of hydrogen-bond acceptors (Lipinski definition) is 4. The highest BCUT2D eigenvalue weighted by Crippen LogP contribution is 2.32. The molecule has 24 heavy (non-hydrogen) atoms. The van der Waals surface area contributed by atoms with Crippen LogP contribution in [0.1, 0.15) is 59.9 Å². The van der Waals surface area contributed by atoms with Gasteiger partial charge in [-0.3, -0.25) is 29.4 Å². The number of amides is 4. The van der Waals surface area contributed by atoms with Crippen LogP contribution in [0.15, 0.2) is 18.2 Å². The third kappa shape index (κ3) is 2.72. The van der Waals surface area contributed by atoms with Gasteiger partial charge in [-0.2, -0.15) is 0 Å². The van der Waals surface area contributed by atoms with Gasteiger partial charge in [0.15, 0.2) is 0 Å². The Balaban J connectivity index is 1.98. The van der Waals surface area contributed by atoms with Crippen LogP contribution in [0.25, 0.3) is 0 Å². The summed E-state index contributed by atoms with van der Waals surface area (Å²) in [5, 5.41) is 2.20. The standard InChI is InChI=1S/C18H20N2O4/c1-18(2,3)9-10-5-4-6-11-14(10)17(24)20(16(11)23)12-7-8-13(21)19-15(12)22/h4-6,12H,7-9H2,1-3H3,(H,19,21,22). The quantitative estimate of drug-likeness (QED) is 0.837. The molecule has 1 N–H and O–H groups in total. The molecule has 1 aromatic carbocycles. The summed E-state index contributed by atoms with van der Waals surface area (Å²) < 4.78 is 0. The molecule has 4 amide bonds. The summed E-state index contributed by atoms with van der Waals surface area (Å²) in [6.45, 7) is 6.18. The number of imide groups is 2. The van der Waals surface area contributed by atoms with E-state index in [1.54, 1.807) is 12.1 Å². The van der Waals surface area contributed by atoms with Crippen molar-refractivity contribution >= 4 is 23.6 Å². The summed E-state index contributed by atoms with van der Waals surface area (Å²) in [7, 11) is 0. The van der Waals surface area contributed by atoms with E-state index in [2.05, 4.69) is 26.1 Å². The van der Waals surface area contributed by atoms with Crippen LogP contribution in [0.3, 0.4) is 0 Å². The van der Waals surface area contributed by atoms with Crippen LogP contribution in [-0.4, -0.2) is 34.6 Å². The first-order chi connectivity index (χ1) is 11.2. The molecule has 3 rings (SSSR count). The van der Waals surface area contributed by atoms with Gasteiger partial charge in [-0.1, -0.05) is 32.9 Å². The fraction of sp³-hybridized carbons (Fsp3) is 0.444. The monoisotopic (exact) mass is 328 g/mol. The second kappa shape index (κ2) is 5.54. The lowest BCUT2D eigenvalue weighted by atomic mass is 9.85. The second-order valence-corrected chi connectivity index (χ2v) is 7.52. The van der Waals surface area contributed by atoms with Crippen molar-refractivity contribution in [1.29, 1.82) is 0 Å². The third-order valence-corrected chi connectivity index (χ3v) is 4.28. The van der Waals surface area contributed by atoms with Crippen LogP contribution in [-0.2, 0) is 16.0 Å². The molecule has 6 nitrogen and oxygen atoms in total. The first kappa shape index (κ1) is 16.4. The largest absolute Gasteiger partial charge is 0.295 e. The lowest BCUT2D eigenvalue weighted by molar-refractivity contribution is -0.136. The Morgan fingerprint density at radius 3 is 2.46 bits per heavy atom. The van der Waals surface area contributed by atoms with Gasteiger partial charge in [-0.15, -0.1) is 0 Å². The molecular formula is C18H20N2O4. The molecule has 0 radical (unpaired) electrons. The highest BCUT2D eigenvalue weighted by atomic mass is 16.2. The zero-order valence-electron chi connectivity index (χ0n) is 14.0. The first-order valence-electron chi connectivity index (χ1n) is 8.02. The molecule has 0 aliphatic carbocycles. The van der Waals surface area contributed by atoms with Gasteiger partial charge < -0.3 is 0 Å². The van der Waals surface area contributed by atoms with Gasteiger partial charge >= 0.3 is 0 Å². The van der Waals surface area contributed by atoms with Gasteiger partial charge in [0.05, 0.1) is 11.1 Å². The number of hydrogen-bond donors (Lipinski definition) is 1. The molecular weight excluding hydrogens is 308 g/mol. The summed E-state index contributed by atoms with van der Waals surface area (Å²) in [4.78, 5) is 50.0. The van der Waals surface area contributed by atoms with Crippen molar-refractivity contribution in [2.24, 2.45) is 5.41 Å². The predicted octanol–water partition coefficient (Wildman–Crippen LogP) is 1.68. The molecule has 1 fully saturated rings. The van der Waals surface area contributed by atoms with E-state index in [0.29, 0.717) is 17.5 Å². The van der Waals surface area contributed by atoms with E-state index in [1.807, 2.05) is 6.07 Å². The molecule has 2 aliphatic rings. The molecule has 6 heteroatoms. The van der Waals surface area contributed by atoms with Gasteiger partial charge in [0.2, 0.25) is 11.8 Å². The lowest BCUT2D eigenvalue weighted by Gasteiger charge is -2.28. The van der Waals surface area contributed by atoms with Crippen LogP contribution < -0.4 is 5.32 Å². The highest BCUT2D eigenvalue weighted by Gasteiger charge is 2.45. The van der Waals surface area contributed by atoms with Crippen molar-refractivity contribution in [3.8, 4) is 0 Å². The molecule has 1 aromatic rings. The molecule has 0 saturated carbocycles. The van der Waals surface area contributed by atoms with Gasteiger partial charge in [0, 0.05) is 6.42 Å². The normalized spacial score (nSPS) is 21.1. The number of rotatable bonds is 2. The van der Waals surface area contributed by atoms with E-state index in [0.717, 1.165) is 10.5 Å². The Hall–Kier alpha value is -2.50. The van der Waals surface area contributed by atoms with Gasteiger partial charge in [-0.05, 0) is 29.9 Å². The highest BCUT2D eigenvalue weighted by molar-refractivity contribution is 6.24. The Morgan fingerprint density at radius 1 is 1.12 bits per heavy atom. The van der Waals surface area contributed by atoms with E-state index in [1.165, 1.54) is 0 Å². The van der Waals surface area contributed by atoms with Gasteiger partial charge in [0.25, 0.3) is 11.8 Å². The number of carbonyl (C=O) groups excluding carboxylic acids is 4.